The number of carbonyl (C=O) groups is 1. The Morgan fingerprint density at radius 1 is 1.17 bits per heavy atom. The first-order valence-corrected chi connectivity index (χ1v) is 7.98. The lowest BCUT2D eigenvalue weighted by atomic mass is 10.1. The molecule has 0 aliphatic carbocycles. The second kappa shape index (κ2) is 6.27. The van der Waals surface area contributed by atoms with Gasteiger partial charge in [0.15, 0.2) is 30.1 Å². The minimum absolute atomic E-state index is 0.0596. The predicted octanol–water partition coefficient (Wildman–Crippen LogP) is 1.72. The van der Waals surface area contributed by atoms with Gasteiger partial charge >= 0.3 is 6.16 Å². The molecule has 24 heavy (non-hydrogen) atoms. The van der Waals surface area contributed by atoms with Gasteiger partial charge in [-0.2, -0.15) is 0 Å². The molecule has 0 aromatic rings. The first-order valence-electron chi connectivity index (χ1n) is 7.98. The molecule has 5 atom stereocenters. The van der Waals surface area contributed by atoms with Gasteiger partial charge < -0.3 is 33.2 Å². The van der Waals surface area contributed by atoms with E-state index in [1.54, 1.807) is 13.8 Å². The minimum atomic E-state index is -0.820. The molecule has 3 unspecified atom stereocenters. The number of hydrogen-bond donors (Lipinski definition) is 0. The normalized spacial score (nSPS) is 39.4. The Morgan fingerprint density at radius 3 is 2.54 bits per heavy atom. The summed E-state index contributed by atoms with van der Waals surface area (Å²) in [4.78, 5) is 11.9. The van der Waals surface area contributed by atoms with Crippen LogP contribution in [0.2, 0.25) is 0 Å². The maximum atomic E-state index is 11.9. The first-order chi connectivity index (χ1) is 11.2. The summed E-state index contributed by atoms with van der Waals surface area (Å²) in [6.45, 7) is 11.0. The van der Waals surface area contributed by atoms with Crippen molar-refractivity contribution in [1.82, 2.24) is 0 Å². The van der Waals surface area contributed by atoms with Crippen molar-refractivity contribution in [2.75, 3.05) is 13.2 Å². The van der Waals surface area contributed by atoms with Crippen molar-refractivity contribution in [3.05, 3.63) is 12.7 Å². The Labute approximate surface area is 140 Å². The van der Waals surface area contributed by atoms with Gasteiger partial charge in [0.1, 0.15) is 18.8 Å². The van der Waals surface area contributed by atoms with E-state index in [1.807, 2.05) is 13.8 Å². The molecule has 0 saturated carbocycles. The van der Waals surface area contributed by atoms with Crippen LogP contribution in [0.15, 0.2) is 12.7 Å². The summed E-state index contributed by atoms with van der Waals surface area (Å²) < 4.78 is 39.2. The third-order valence-electron chi connectivity index (χ3n) is 3.98. The highest BCUT2D eigenvalue weighted by molar-refractivity contribution is 5.60. The van der Waals surface area contributed by atoms with Gasteiger partial charge in [0, 0.05) is 0 Å². The predicted molar refractivity (Wildman–Crippen MR) is 80.0 cm³/mol. The monoisotopic (exact) mass is 344 g/mol. The maximum Gasteiger partial charge on any atom is 0.509 e. The van der Waals surface area contributed by atoms with Crippen molar-refractivity contribution in [2.24, 2.45) is 0 Å². The molecule has 0 aromatic heterocycles. The third kappa shape index (κ3) is 3.57. The van der Waals surface area contributed by atoms with Crippen molar-refractivity contribution in [3.63, 3.8) is 0 Å². The van der Waals surface area contributed by atoms with E-state index in [1.165, 1.54) is 6.08 Å². The van der Waals surface area contributed by atoms with Crippen LogP contribution in [0.25, 0.3) is 0 Å². The van der Waals surface area contributed by atoms with Gasteiger partial charge in [0.05, 0.1) is 6.61 Å². The first kappa shape index (κ1) is 17.6. The molecule has 0 spiro atoms. The van der Waals surface area contributed by atoms with E-state index in [2.05, 4.69) is 6.58 Å². The number of carbonyl (C=O) groups excluding carboxylic acids is 1. The van der Waals surface area contributed by atoms with Gasteiger partial charge in [-0.25, -0.2) is 4.79 Å². The maximum absolute atomic E-state index is 11.9. The zero-order valence-electron chi connectivity index (χ0n) is 14.4. The molecule has 3 fully saturated rings. The topological polar surface area (TPSA) is 81.7 Å². The third-order valence-corrected chi connectivity index (χ3v) is 3.98. The zero-order valence-corrected chi connectivity index (χ0v) is 14.4. The second-order valence-electron chi connectivity index (χ2n) is 6.87. The molecule has 0 amide bonds. The Bertz CT molecular complexity index is 502. The molecule has 0 N–H and O–H groups in total. The summed E-state index contributed by atoms with van der Waals surface area (Å²) >= 11 is 0. The van der Waals surface area contributed by atoms with E-state index < -0.39 is 48.4 Å². The van der Waals surface area contributed by atoms with Crippen LogP contribution in [-0.2, 0) is 33.2 Å². The lowest BCUT2D eigenvalue weighted by Gasteiger charge is -2.28. The highest BCUT2D eigenvalue weighted by atomic mass is 16.9. The highest BCUT2D eigenvalue weighted by Gasteiger charge is 2.60. The van der Waals surface area contributed by atoms with Crippen molar-refractivity contribution in [2.45, 2.75) is 70.0 Å². The molecule has 0 bridgehead atoms. The van der Waals surface area contributed by atoms with Crippen LogP contribution < -0.4 is 0 Å². The van der Waals surface area contributed by atoms with E-state index in [0.717, 1.165) is 0 Å². The molecule has 3 rings (SSSR count). The van der Waals surface area contributed by atoms with Crippen LogP contribution in [0.3, 0.4) is 0 Å². The Kier molecular flexibility index (Phi) is 4.61. The van der Waals surface area contributed by atoms with Crippen LogP contribution >= 0.6 is 0 Å². The van der Waals surface area contributed by atoms with Gasteiger partial charge in [0.2, 0.25) is 0 Å². The van der Waals surface area contributed by atoms with Crippen LogP contribution in [0.4, 0.5) is 4.79 Å². The smallest absolute Gasteiger partial charge is 0.430 e. The summed E-state index contributed by atoms with van der Waals surface area (Å²) in [5.41, 5.74) is 0. The fraction of sp³-hybridized carbons (Fsp3) is 0.812. The lowest BCUT2D eigenvalue weighted by molar-refractivity contribution is -0.233. The molecule has 0 radical (unpaired) electrons. The molecule has 3 saturated heterocycles. The number of fused-ring (bicyclic) bond motifs is 1. The summed E-state index contributed by atoms with van der Waals surface area (Å²) in [6, 6.07) is 0. The van der Waals surface area contributed by atoms with Crippen LogP contribution in [0.5, 0.6) is 0 Å². The van der Waals surface area contributed by atoms with Crippen LogP contribution in [0, 0.1) is 0 Å². The zero-order chi connectivity index (χ0) is 17.5. The van der Waals surface area contributed by atoms with Gasteiger partial charge in [-0.05, 0) is 27.7 Å². The van der Waals surface area contributed by atoms with E-state index in [-0.39, 0.29) is 6.61 Å². The van der Waals surface area contributed by atoms with Crippen molar-refractivity contribution < 1.29 is 38.0 Å². The molecular formula is C16H24O8. The summed E-state index contributed by atoms with van der Waals surface area (Å²) in [7, 11) is 0. The Morgan fingerprint density at radius 2 is 1.92 bits per heavy atom. The summed E-state index contributed by atoms with van der Waals surface area (Å²) in [6.07, 6.45) is -2.27. The van der Waals surface area contributed by atoms with Crippen molar-refractivity contribution in [1.29, 1.82) is 0 Å². The average Bonchev–Trinajstić information content (AvgIpc) is 3.08. The van der Waals surface area contributed by atoms with Gasteiger partial charge in [0.25, 0.3) is 0 Å². The SMILES string of the molecule is C=CCOC(=O)OC1C(C2COC(C)(C)O2)O[C@@H]2OC(C)(C)O[C@H]12. The molecule has 136 valence electrons. The second-order valence-corrected chi connectivity index (χ2v) is 6.87. The van der Waals surface area contributed by atoms with Crippen LogP contribution in [-0.4, -0.2) is 61.6 Å². The number of rotatable bonds is 4. The molecule has 3 aliphatic rings. The molecule has 8 heteroatoms. The van der Waals surface area contributed by atoms with Crippen molar-refractivity contribution in [3.8, 4) is 0 Å². The molecule has 8 nitrogen and oxygen atoms in total. The summed E-state index contributed by atoms with van der Waals surface area (Å²) in [5, 5.41) is 0. The molecular weight excluding hydrogens is 320 g/mol. The number of hydrogen-bond acceptors (Lipinski definition) is 8. The van der Waals surface area contributed by atoms with Gasteiger partial charge in [-0.3, -0.25) is 0 Å². The van der Waals surface area contributed by atoms with Gasteiger partial charge in [-0.1, -0.05) is 12.7 Å². The quantitative estimate of drug-likeness (QED) is 0.563. The Hall–Kier alpha value is -1.19. The lowest BCUT2D eigenvalue weighted by Crippen LogP contribution is -2.45. The standard InChI is InChI=1S/C16H24O8/c1-6-7-18-14(17)21-11-10(9-8-19-15(2,3)22-9)20-13-12(11)23-16(4,5)24-13/h6,9-13H,1,7-8H2,2-5H3/t9?,10?,11?,12-,13-/m1/s1. The molecule has 3 heterocycles. The molecule has 0 aromatic carbocycles. The van der Waals surface area contributed by atoms with E-state index in [4.69, 9.17) is 33.2 Å². The van der Waals surface area contributed by atoms with E-state index in [0.29, 0.717) is 6.61 Å². The largest absolute Gasteiger partial charge is 0.509 e. The van der Waals surface area contributed by atoms with Crippen molar-refractivity contribution >= 4 is 6.16 Å². The van der Waals surface area contributed by atoms with E-state index >= 15 is 0 Å². The Balaban J connectivity index is 1.73. The molecule has 3 aliphatic heterocycles. The van der Waals surface area contributed by atoms with Crippen LogP contribution in [0.1, 0.15) is 27.7 Å². The highest BCUT2D eigenvalue weighted by Crippen LogP contribution is 2.42. The fourth-order valence-corrected chi connectivity index (χ4v) is 3.09. The number of ether oxygens (including phenoxy) is 7. The fourth-order valence-electron chi connectivity index (χ4n) is 3.09. The average molecular weight is 344 g/mol. The van der Waals surface area contributed by atoms with Gasteiger partial charge in [-0.15, -0.1) is 0 Å². The summed E-state index contributed by atoms with van der Waals surface area (Å²) in [5.74, 6) is -1.54. The minimum Gasteiger partial charge on any atom is -0.430 e. The van der Waals surface area contributed by atoms with E-state index in [9.17, 15) is 4.79 Å².